The third-order valence-corrected chi connectivity index (χ3v) is 2.29. The molecular formula is C12H10N2O7. The van der Waals surface area contributed by atoms with Crippen molar-refractivity contribution in [1.82, 2.24) is 4.98 Å². The van der Waals surface area contributed by atoms with Gasteiger partial charge in [0.05, 0.1) is 0 Å². The zero-order chi connectivity index (χ0) is 15.2. The van der Waals surface area contributed by atoms with Gasteiger partial charge in [-0.3, -0.25) is 4.84 Å². The van der Waals surface area contributed by atoms with E-state index in [0.717, 1.165) is 11.6 Å². The molecule has 0 spiro atoms. The number of nitrogens with one attached hydrogen (secondary N) is 1. The Labute approximate surface area is 117 Å². The highest BCUT2D eigenvalue weighted by Gasteiger charge is 2.17. The third kappa shape index (κ3) is 4.13. The lowest BCUT2D eigenvalue weighted by atomic mass is 10.2. The number of carbonyl (C=O) groups excluding carboxylic acids is 1. The number of carbonyl (C=O) groups is 1. The van der Waals surface area contributed by atoms with Crippen LogP contribution in [0.4, 0.5) is 4.79 Å². The van der Waals surface area contributed by atoms with Crippen molar-refractivity contribution >= 4 is 6.16 Å². The maximum atomic E-state index is 11.5. The molecule has 2 rings (SSSR count). The van der Waals surface area contributed by atoms with E-state index < -0.39 is 23.0 Å². The minimum absolute atomic E-state index is 0.0263. The molecule has 1 aromatic carbocycles. The lowest BCUT2D eigenvalue weighted by Gasteiger charge is -2.05. The van der Waals surface area contributed by atoms with Crippen molar-refractivity contribution in [3.63, 3.8) is 0 Å². The van der Waals surface area contributed by atoms with Gasteiger partial charge in [-0.1, -0.05) is 30.3 Å². The van der Waals surface area contributed by atoms with Gasteiger partial charge in [0.1, 0.15) is 6.61 Å². The second kappa shape index (κ2) is 6.28. The van der Waals surface area contributed by atoms with E-state index in [0.29, 0.717) is 0 Å². The molecule has 21 heavy (non-hydrogen) atoms. The summed E-state index contributed by atoms with van der Waals surface area (Å²) < 4.78 is 9.53. The predicted octanol–water partition coefficient (Wildman–Crippen LogP) is 2.01. The van der Waals surface area contributed by atoms with Crippen molar-refractivity contribution in [2.24, 2.45) is 0 Å². The fourth-order valence-corrected chi connectivity index (χ4v) is 1.46. The number of nitrogens with zero attached hydrogens (tertiary/aromatic N) is 1. The number of H-pyrrole nitrogens is 1. The van der Waals surface area contributed by atoms with E-state index in [2.05, 4.69) is 9.82 Å². The fourth-order valence-electron chi connectivity index (χ4n) is 1.46. The Hall–Kier alpha value is -3.23. The van der Waals surface area contributed by atoms with Crippen LogP contribution in [0.5, 0.6) is 17.5 Å². The van der Waals surface area contributed by atoms with Gasteiger partial charge in [0.25, 0.3) is 0 Å². The maximum Gasteiger partial charge on any atom is 0.514 e. The highest BCUT2D eigenvalue weighted by molar-refractivity contribution is 5.65. The highest BCUT2D eigenvalue weighted by Crippen LogP contribution is 2.31. The van der Waals surface area contributed by atoms with Gasteiger partial charge in [0, 0.05) is 6.07 Å². The molecule has 0 aliphatic rings. The summed E-state index contributed by atoms with van der Waals surface area (Å²) in [5.74, 6) is -1.34. The second-order valence-corrected chi connectivity index (χ2v) is 3.79. The number of aromatic nitrogens is 1. The Morgan fingerprint density at radius 2 is 2.05 bits per heavy atom. The summed E-state index contributed by atoms with van der Waals surface area (Å²) in [4.78, 5) is 27.9. The number of rotatable bonds is 5. The van der Waals surface area contributed by atoms with Crippen LogP contribution in [0.1, 0.15) is 5.56 Å². The van der Waals surface area contributed by atoms with Gasteiger partial charge >= 0.3 is 11.2 Å². The second-order valence-electron chi connectivity index (χ2n) is 3.79. The largest absolute Gasteiger partial charge is 0.514 e. The van der Waals surface area contributed by atoms with Crippen LogP contribution in [-0.2, 0) is 11.3 Å². The van der Waals surface area contributed by atoms with E-state index in [9.17, 15) is 20.0 Å². The lowest BCUT2D eigenvalue weighted by molar-refractivity contribution is -0.712. The molecule has 0 amide bonds. The summed E-state index contributed by atoms with van der Waals surface area (Å²) in [6.07, 6.45) is -1.09. The minimum atomic E-state index is -1.12. The van der Waals surface area contributed by atoms with Crippen LogP contribution < -0.4 is 9.57 Å². The summed E-state index contributed by atoms with van der Waals surface area (Å²) in [7, 11) is 0. The van der Waals surface area contributed by atoms with Gasteiger partial charge < -0.3 is 19.6 Å². The van der Waals surface area contributed by atoms with Crippen molar-refractivity contribution in [2.75, 3.05) is 0 Å². The molecule has 0 bridgehead atoms. The molecule has 9 heteroatoms. The summed E-state index contributed by atoms with van der Waals surface area (Å²) in [5, 5.41) is 18.3. The Bertz CT molecular complexity index is 638. The van der Waals surface area contributed by atoms with Crippen LogP contribution in [0.3, 0.4) is 0 Å². The molecule has 1 heterocycles. The van der Waals surface area contributed by atoms with E-state index >= 15 is 0 Å². The first kappa shape index (κ1) is 14.2. The van der Waals surface area contributed by atoms with E-state index in [-0.39, 0.29) is 12.4 Å². The molecule has 2 N–H and O–H groups in total. The van der Waals surface area contributed by atoms with Gasteiger partial charge in [0.2, 0.25) is 5.88 Å². The van der Waals surface area contributed by atoms with E-state index in [1.54, 1.807) is 24.3 Å². The number of aromatic hydroxyl groups is 1. The van der Waals surface area contributed by atoms with E-state index in [4.69, 9.17) is 9.47 Å². The average Bonchev–Trinajstić information content (AvgIpc) is 2.76. The van der Waals surface area contributed by atoms with Crippen LogP contribution >= 0.6 is 0 Å². The zero-order valence-electron chi connectivity index (χ0n) is 10.5. The SMILES string of the molecule is O=C(OCc1ccccc1)Oc1cc(O)[nH]c1O[N+](=O)[O-]. The molecule has 0 fully saturated rings. The van der Waals surface area contributed by atoms with Crippen molar-refractivity contribution in [1.29, 1.82) is 0 Å². The summed E-state index contributed by atoms with van der Waals surface area (Å²) in [6, 6.07) is 9.80. The molecule has 0 atom stereocenters. The third-order valence-electron chi connectivity index (χ3n) is 2.29. The topological polar surface area (TPSA) is 124 Å². The summed E-state index contributed by atoms with van der Waals surface area (Å²) in [5.41, 5.74) is 0.744. The standard InChI is InChI=1S/C12H10N2O7/c15-10-6-9(11(13-10)21-14(17)18)20-12(16)19-7-8-4-2-1-3-5-8/h1-6,13,15H,7H2. The molecule has 0 saturated carbocycles. The first-order valence-corrected chi connectivity index (χ1v) is 5.67. The Morgan fingerprint density at radius 3 is 2.71 bits per heavy atom. The van der Waals surface area contributed by atoms with Crippen molar-refractivity contribution in [2.45, 2.75) is 6.61 Å². The van der Waals surface area contributed by atoms with Crippen molar-refractivity contribution in [3.05, 3.63) is 52.1 Å². The zero-order valence-corrected chi connectivity index (χ0v) is 10.5. The summed E-state index contributed by atoms with van der Waals surface area (Å²) in [6.45, 7) is -0.0263. The molecule has 0 saturated heterocycles. The molecular weight excluding hydrogens is 284 g/mol. The van der Waals surface area contributed by atoms with E-state index in [1.807, 2.05) is 6.07 Å². The first-order chi connectivity index (χ1) is 10.0. The lowest BCUT2D eigenvalue weighted by Crippen LogP contribution is -2.12. The van der Waals surface area contributed by atoms with Crippen LogP contribution in [0.2, 0.25) is 0 Å². The molecule has 0 aliphatic carbocycles. The van der Waals surface area contributed by atoms with Gasteiger partial charge in [-0.05, 0) is 5.56 Å². The van der Waals surface area contributed by atoms with Crippen molar-refractivity contribution in [3.8, 4) is 17.5 Å². The number of hydrogen-bond donors (Lipinski definition) is 2. The average molecular weight is 294 g/mol. The smallest absolute Gasteiger partial charge is 0.494 e. The number of ether oxygens (including phenoxy) is 2. The van der Waals surface area contributed by atoms with Gasteiger partial charge in [0.15, 0.2) is 11.6 Å². The molecule has 2 aromatic rings. The van der Waals surface area contributed by atoms with Gasteiger partial charge in [-0.15, -0.1) is 10.1 Å². The fraction of sp³-hybridized carbons (Fsp3) is 0.0833. The Morgan fingerprint density at radius 1 is 1.33 bits per heavy atom. The first-order valence-electron chi connectivity index (χ1n) is 5.67. The minimum Gasteiger partial charge on any atom is -0.494 e. The van der Waals surface area contributed by atoms with Gasteiger partial charge in [-0.25, -0.2) is 4.79 Å². The maximum absolute atomic E-state index is 11.5. The Balaban J connectivity index is 1.95. The predicted molar refractivity (Wildman–Crippen MR) is 67.3 cm³/mol. The number of aromatic amines is 1. The Kier molecular flexibility index (Phi) is 4.24. The normalized spacial score (nSPS) is 9.90. The quantitative estimate of drug-likeness (QED) is 0.491. The monoisotopic (exact) mass is 294 g/mol. The number of benzene rings is 1. The van der Waals surface area contributed by atoms with Crippen LogP contribution in [0, 0.1) is 10.1 Å². The summed E-state index contributed by atoms with van der Waals surface area (Å²) >= 11 is 0. The highest BCUT2D eigenvalue weighted by atomic mass is 17.0. The number of hydrogen-bond acceptors (Lipinski definition) is 7. The van der Waals surface area contributed by atoms with E-state index in [1.165, 1.54) is 0 Å². The van der Waals surface area contributed by atoms with Crippen LogP contribution in [0.25, 0.3) is 0 Å². The molecule has 110 valence electrons. The molecule has 0 aliphatic heterocycles. The van der Waals surface area contributed by atoms with Crippen molar-refractivity contribution < 1.29 is 29.3 Å². The molecule has 0 unspecified atom stereocenters. The molecule has 1 aromatic heterocycles. The van der Waals surface area contributed by atoms with Gasteiger partial charge in [-0.2, -0.15) is 0 Å². The molecule has 9 nitrogen and oxygen atoms in total. The van der Waals surface area contributed by atoms with Crippen LogP contribution in [-0.4, -0.2) is 21.3 Å². The van der Waals surface area contributed by atoms with Crippen LogP contribution in [0.15, 0.2) is 36.4 Å². The molecule has 0 radical (unpaired) electrons.